The van der Waals surface area contributed by atoms with Gasteiger partial charge in [-0.25, -0.2) is 4.98 Å². The van der Waals surface area contributed by atoms with Crippen molar-refractivity contribution in [3.8, 4) is 0 Å². The van der Waals surface area contributed by atoms with Gasteiger partial charge in [0.25, 0.3) is 5.91 Å². The Morgan fingerprint density at radius 3 is 2.64 bits per heavy atom. The van der Waals surface area contributed by atoms with Crippen LogP contribution in [0, 0.1) is 5.92 Å². The molecule has 1 aromatic carbocycles. The number of carbonyl (C=O) groups excluding carboxylic acids is 1. The van der Waals surface area contributed by atoms with Crippen LogP contribution in [0.5, 0.6) is 0 Å². The average Bonchev–Trinajstić information content (AvgIpc) is 3.32. The van der Waals surface area contributed by atoms with Crippen molar-refractivity contribution in [1.82, 2.24) is 9.88 Å². The number of ether oxygens (including phenoxy) is 1. The molecule has 1 aliphatic rings. The Labute approximate surface area is 172 Å². The van der Waals surface area contributed by atoms with E-state index in [4.69, 9.17) is 4.74 Å². The topological polar surface area (TPSA) is 45.7 Å². The minimum Gasteiger partial charge on any atom is -0.378 e. The van der Waals surface area contributed by atoms with Crippen LogP contribution in [-0.2, 0) is 17.7 Å². The lowest BCUT2D eigenvalue weighted by molar-refractivity contribution is 0.0503. The normalized spacial score (nSPS) is 16.5. The van der Waals surface area contributed by atoms with E-state index < -0.39 is 0 Å². The summed E-state index contributed by atoms with van der Waals surface area (Å²) in [5, 5.41) is 2.93. The van der Waals surface area contributed by atoms with Gasteiger partial charge in [-0.05, 0) is 36.5 Å². The second-order valence-corrected chi connectivity index (χ2v) is 9.05. The summed E-state index contributed by atoms with van der Waals surface area (Å²) in [5.41, 5.74) is 2.83. The molecule has 1 aromatic heterocycles. The predicted molar refractivity (Wildman–Crippen MR) is 115 cm³/mol. The molecule has 1 saturated heterocycles. The highest BCUT2D eigenvalue weighted by molar-refractivity contribution is 7.09. The zero-order chi connectivity index (χ0) is 20.1. The van der Waals surface area contributed by atoms with Gasteiger partial charge in [0.05, 0.1) is 11.1 Å². The number of benzene rings is 1. The van der Waals surface area contributed by atoms with Gasteiger partial charge in [-0.2, -0.15) is 0 Å². The first kappa shape index (κ1) is 20.8. The molecule has 2 heterocycles. The van der Waals surface area contributed by atoms with Crippen molar-refractivity contribution in [2.24, 2.45) is 5.92 Å². The summed E-state index contributed by atoms with van der Waals surface area (Å²) in [6.07, 6.45) is 3.12. The number of amides is 1. The van der Waals surface area contributed by atoms with E-state index in [-0.39, 0.29) is 12.0 Å². The maximum absolute atomic E-state index is 13.2. The van der Waals surface area contributed by atoms with Crippen LogP contribution < -0.4 is 4.90 Å². The number of hydrogen-bond acceptors (Lipinski definition) is 5. The maximum atomic E-state index is 13.2. The van der Waals surface area contributed by atoms with E-state index in [2.05, 4.69) is 48.0 Å². The van der Waals surface area contributed by atoms with Gasteiger partial charge in [0.1, 0.15) is 5.69 Å². The molecule has 152 valence electrons. The summed E-state index contributed by atoms with van der Waals surface area (Å²) in [6.45, 7) is 6.32. The summed E-state index contributed by atoms with van der Waals surface area (Å²) in [7, 11) is 4.05. The highest BCUT2D eigenvalue weighted by Gasteiger charge is 2.25. The van der Waals surface area contributed by atoms with Crippen LogP contribution in [0.1, 0.15) is 47.7 Å². The van der Waals surface area contributed by atoms with Gasteiger partial charge >= 0.3 is 0 Å². The fourth-order valence-electron chi connectivity index (χ4n) is 3.39. The molecule has 0 aliphatic carbocycles. The Hall–Kier alpha value is -1.92. The fourth-order valence-corrected chi connectivity index (χ4v) is 4.37. The van der Waals surface area contributed by atoms with Crippen LogP contribution in [0.25, 0.3) is 0 Å². The van der Waals surface area contributed by atoms with Gasteiger partial charge in [0.15, 0.2) is 0 Å². The fraction of sp³-hybridized carbons (Fsp3) is 0.545. The third-order valence-electron chi connectivity index (χ3n) is 4.92. The molecule has 1 fully saturated rings. The lowest BCUT2D eigenvalue weighted by atomic mass is 10.1. The number of carbonyl (C=O) groups is 1. The zero-order valence-corrected chi connectivity index (χ0v) is 18.2. The molecular weight excluding hydrogens is 370 g/mol. The third-order valence-corrected chi connectivity index (χ3v) is 5.79. The molecule has 3 rings (SSSR count). The van der Waals surface area contributed by atoms with Crippen molar-refractivity contribution in [2.75, 3.05) is 32.1 Å². The van der Waals surface area contributed by atoms with E-state index in [1.165, 1.54) is 0 Å². The van der Waals surface area contributed by atoms with E-state index in [0.29, 0.717) is 24.7 Å². The van der Waals surface area contributed by atoms with Gasteiger partial charge in [0.2, 0.25) is 0 Å². The Balaban J connectivity index is 1.75. The van der Waals surface area contributed by atoms with E-state index in [1.54, 1.807) is 11.3 Å². The maximum Gasteiger partial charge on any atom is 0.273 e. The second-order valence-electron chi connectivity index (χ2n) is 8.11. The van der Waals surface area contributed by atoms with Crippen molar-refractivity contribution in [3.05, 3.63) is 45.9 Å². The molecule has 0 bridgehead atoms. The zero-order valence-electron chi connectivity index (χ0n) is 17.4. The highest BCUT2D eigenvalue weighted by Crippen LogP contribution is 2.21. The van der Waals surface area contributed by atoms with Crippen LogP contribution in [0.3, 0.4) is 0 Å². The van der Waals surface area contributed by atoms with Crippen LogP contribution in [0.4, 0.5) is 5.69 Å². The Morgan fingerprint density at radius 2 is 2.04 bits per heavy atom. The lowest BCUT2D eigenvalue weighted by Crippen LogP contribution is -2.37. The van der Waals surface area contributed by atoms with Crippen LogP contribution in [-0.4, -0.2) is 49.1 Å². The molecule has 28 heavy (non-hydrogen) atoms. The first-order valence-corrected chi connectivity index (χ1v) is 10.9. The minimum atomic E-state index is -0.00144. The molecule has 2 aromatic rings. The summed E-state index contributed by atoms with van der Waals surface area (Å²) < 4.78 is 5.80. The molecule has 1 unspecified atom stereocenters. The molecule has 0 saturated carbocycles. The molecule has 0 N–H and O–H groups in total. The molecule has 1 amide bonds. The summed E-state index contributed by atoms with van der Waals surface area (Å²) in [4.78, 5) is 21.8. The van der Waals surface area contributed by atoms with Crippen molar-refractivity contribution in [1.29, 1.82) is 0 Å². The van der Waals surface area contributed by atoms with Crippen molar-refractivity contribution >= 4 is 22.9 Å². The molecule has 1 aliphatic heterocycles. The van der Waals surface area contributed by atoms with E-state index >= 15 is 0 Å². The van der Waals surface area contributed by atoms with E-state index in [0.717, 1.165) is 42.1 Å². The Kier molecular flexibility index (Phi) is 7.08. The monoisotopic (exact) mass is 401 g/mol. The summed E-state index contributed by atoms with van der Waals surface area (Å²) >= 11 is 1.58. The Bertz CT molecular complexity index is 764. The van der Waals surface area contributed by atoms with Gasteiger partial charge in [0, 0.05) is 51.3 Å². The van der Waals surface area contributed by atoms with E-state index in [1.807, 2.05) is 24.4 Å². The second kappa shape index (κ2) is 9.52. The van der Waals surface area contributed by atoms with Crippen LogP contribution in [0.15, 0.2) is 29.6 Å². The highest BCUT2D eigenvalue weighted by atomic mass is 32.1. The summed E-state index contributed by atoms with van der Waals surface area (Å²) in [6, 6.07) is 8.37. The first-order valence-electron chi connectivity index (χ1n) is 10.0. The molecule has 0 radical (unpaired) electrons. The number of nitrogens with zero attached hydrogens (tertiary/aromatic N) is 3. The van der Waals surface area contributed by atoms with Gasteiger partial charge in [-0.1, -0.05) is 26.0 Å². The van der Waals surface area contributed by atoms with Crippen molar-refractivity contribution < 1.29 is 9.53 Å². The number of rotatable bonds is 8. The molecule has 5 nitrogen and oxygen atoms in total. The number of aromatic nitrogens is 1. The number of hydrogen-bond donors (Lipinski definition) is 0. The van der Waals surface area contributed by atoms with Crippen molar-refractivity contribution in [2.45, 2.75) is 45.8 Å². The van der Waals surface area contributed by atoms with Gasteiger partial charge < -0.3 is 14.5 Å². The molecule has 1 atom stereocenters. The van der Waals surface area contributed by atoms with Crippen molar-refractivity contribution in [3.63, 3.8) is 0 Å². The standard InChI is InChI=1S/C22H31N3O2S/c1-16(2)12-21-23-20(15-28-21)22(26)25(14-19-6-5-11-27-19)13-17-7-9-18(10-8-17)24(3)4/h7-10,15-16,19H,5-6,11-14H2,1-4H3. The number of thiazole rings is 1. The predicted octanol–water partition coefficient (Wildman–Crippen LogP) is 4.23. The third kappa shape index (κ3) is 5.55. The smallest absolute Gasteiger partial charge is 0.273 e. The van der Waals surface area contributed by atoms with Crippen LogP contribution in [0.2, 0.25) is 0 Å². The quantitative estimate of drug-likeness (QED) is 0.664. The number of anilines is 1. The summed E-state index contributed by atoms with van der Waals surface area (Å²) in [5.74, 6) is 0.533. The van der Waals surface area contributed by atoms with Gasteiger partial charge in [-0.15, -0.1) is 11.3 Å². The minimum absolute atomic E-state index is 0.00144. The van der Waals surface area contributed by atoms with Gasteiger partial charge in [-0.3, -0.25) is 4.79 Å². The molecular formula is C22H31N3O2S. The SMILES string of the molecule is CC(C)Cc1nc(C(=O)N(Cc2ccc(N(C)C)cc2)CC2CCCO2)cs1. The van der Waals surface area contributed by atoms with Crippen LogP contribution >= 0.6 is 11.3 Å². The van der Waals surface area contributed by atoms with E-state index in [9.17, 15) is 4.79 Å². The average molecular weight is 402 g/mol. The molecule has 0 spiro atoms. The lowest BCUT2D eigenvalue weighted by Gasteiger charge is -2.25. The molecule has 6 heteroatoms. The Morgan fingerprint density at radius 1 is 1.29 bits per heavy atom. The first-order chi connectivity index (χ1) is 13.4. The largest absolute Gasteiger partial charge is 0.378 e.